The minimum Gasteiger partial charge on any atom is -0.481 e. The number of rotatable bonds is 1. The Balaban J connectivity index is 2.46. The SMILES string of the molecule is COC(=N)c1cc(Cl)c2c(c1)OCO2. The monoisotopic (exact) mass is 213 g/mol. The highest BCUT2D eigenvalue weighted by Gasteiger charge is 2.19. The summed E-state index contributed by atoms with van der Waals surface area (Å²) in [6, 6.07) is 3.28. The van der Waals surface area contributed by atoms with E-state index in [2.05, 4.69) is 0 Å². The number of methoxy groups -OCH3 is 1. The molecule has 0 unspecified atom stereocenters. The lowest BCUT2D eigenvalue weighted by atomic mass is 10.2. The van der Waals surface area contributed by atoms with Crippen molar-refractivity contribution in [1.29, 1.82) is 5.41 Å². The van der Waals surface area contributed by atoms with Gasteiger partial charge in [0.2, 0.25) is 12.7 Å². The first-order chi connectivity index (χ1) is 6.72. The fraction of sp³-hybridized carbons (Fsp3) is 0.222. The average molecular weight is 214 g/mol. The highest BCUT2D eigenvalue weighted by atomic mass is 35.5. The molecule has 0 saturated heterocycles. The van der Waals surface area contributed by atoms with Gasteiger partial charge in [0, 0.05) is 5.56 Å². The van der Waals surface area contributed by atoms with Crippen LogP contribution >= 0.6 is 11.6 Å². The van der Waals surface area contributed by atoms with E-state index in [-0.39, 0.29) is 12.7 Å². The van der Waals surface area contributed by atoms with Crippen molar-refractivity contribution in [2.45, 2.75) is 0 Å². The molecule has 0 atom stereocenters. The number of nitrogens with one attached hydrogen (secondary N) is 1. The van der Waals surface area contributed by atoms with Gasteiger partial charge in [-0.2, -0.15) is 0 Å². The lowest BCUT2D eigenvalue weighted by molar-refractivity contribution is 0.174. The molecular formula is C9H8ClNO3. The molecule has 0 amide bonds. The highest BCUT2D eigenvalue weighted by molar-refractivity contribution is 6.32. The maximum Gasteiger partial charge on any atom is 0.231 e. The molecule has 0 aromatic heterocycles. The van der Waals surface area contributed by atoms with Crippen LogP contribution in [0, 0.1) is 5.41 Å². The Morgan fingerprint density at radius 1 is 1.50 bits per heavy atom. The molecule has 1 N–H and O–H groups in total. The number of ether oxygens (including phenoxy) is 3. The van der Waals surface area contributed by atoms with Gasteiger partial charge in [0.1, 0.15) is 0 Å². The van der Waals surface area contributed by atoms with Gasteiger partial charge in [0.15, 0.2) is 11.5 Å². The minimum absolute atomic E-state index is 0.0465. The first-order valence-electron chi connectivity index (χ1n) is 3.94. The fourth-order valence-electron chi connectivity index (χ4n) is 1.22. The van der Waals surface area contributed by atoms with Crippen LogP contribution < -0.4 is 9.47 Å². The largest absolute Gasteiger partial charge is 0.481 e. The van der Waals surface area contributed by atoms with Gasteiger partial charge in [-0.05, 0) is 12.1 Å². The van der Waals surface area contributed by atoms with Gasteiger partial charge in [-0.1, -0.05) is 11.6 Å². The van der Waals surface area contributed by atoms with Gasteiger partial charge in [-0.3, -0.25) is 5.41 Å². The molecule has 0 radical (unpaired) electrons. The molecule has 0 bridgehead atoms. The second-order valence-corrected chi connectivity index (χ2v) is 3.13. The third-order valence-electron chi connectivity index (χ3n) is 1.89. The summed E-state index contributed by atoms with van der Waals surface area (Å²) in [5.41, 5.74) is 0.571. The Morgan fingerprint density at radius 2 is 2.29 bits per heavy atom. The number of benzene rings is 1. The van der Waals surface area contributed by atoms with Crippen LogP contribution in [-0.2, 0) is 4.74 Å². The van der Waals surface area contributed by atoms with Gasteiger partial charge in [0.05, 0.1) is 12.1 Å². The third kappa shape index (κ3) is 1.37. The molecule has 0 aliphatic carbocycles. The van der Waals surface area contributed by atoms with Gasteiger partial charge in [-0.25, -0.2) is 0 Å². The summed E-state index contributed by atoms with van der Waals surface area (Å²) in [5.74, 6) is 1.12. The molecule has 1 aliphatic rings. The van der Waals surface area contributed by atoms with Crippen molar-refractivity contribution in [2.24, 2.45) is 0 Å². The van der Waals surface area contributed by atoms with Crippen molar-refractivity contribution in [1.82, 2.24) is 0 Å². The van der Waals surface area contributed by atoms with Crippen molar-refractivity contribution in [3.8, 4) is 11.5 Å². The highest BCUT2D eigenvalue weighted by Crippen LogP contribution is 2.39. The van der Waals surface area contributed by atoms with Crippen molar-refractivity contribution in [3.05, 3.63) is 22.7 Å². The molecule has 4 nitrogen and oxygen atoms in total. The van der Waals surface area contributed by atoms with Crippen LogP contribution in [0.4, 0.5) is 0 Å². The zero-order valence-corrected chi connectivity index (χ0v) is 8.22. The maximum atomic E-state index is 7.46. The summed E-state index contributed by atoms with van der Waals surface area (Å²) < 4.78 is 15.1. The average Bonchev–Trinajstić information content (AvgIpc) is 2.64. The van der Waals surface area contributed by atoms with Gasteiger partial charge < -0.3 is 14.2 Å². The van der Waals surface area contributed by atoms with Crippen LogP contribution in [0.2, 0.25) is 5.02 Å². The summed E-state index contributed by atoms with van der Waals surface area (Å²) >= 11 is 5.92. The van der Waals surface area contributed by atoms with Crippen LogP contribution in [0.1, 0.15) is 5.56 Å². The molecule has 5 heteroatoms. The van der Waals surface area contributed by atoms with Crippen molar-refractivity contribution in [2.75, 3.05) is 13.9 Å². The van der Waals surface area contributed by atoms with Gasteiger partial charge in [-0.15, -0.1) is 0 Å². The van der Waals surface area contributed by atoms with E-state index in [0.29, 0.717) is 22.1 Å². The molecule has 1 aromatic carbocycles. The van der Waals surface area contributed by atoms with Gasteiger partial charge in [0.25, 0.3) is 0 Å². The normalized spacial score (nSPS) is 12.7. The van der Waals surface area contributed by atoms with E-state index in [1.807, 2.05) is 0 Å². The number of halogens is 1. The standard InChI is InChI=1S/C9H8ClNO3/c1-12-9(11)5-2-6(10)8-7(3-5)13-4-14-8/h2-3,11H,4H2,1H3. The first-order valence-corrected chi connectivity index (χ1v) is 4.32. The Morgan fingerprint density at radius 3 is 3.00 bits per heavy atom. The Kier molecular flexibility index (Phi) is 2.21. The molecule has 14 heavy (non-hydrogen) atoms. The molecule has 0 spiro atoms. The number of hydrogen-bond acceptors (Lipinski definition) is 4. The van der Waals surface area contributed by atoms with Crippen molar-refractivity contribution < 1.29 is 14.2 Å². The molecule has 2 rings (SSSR count). The summed E-state index contributed by atoms with van der Waals surface area (Å²) in [4.78, 5) is 0. The number of fused-ring (bicyclic) bond motifs is 1. The second kappa shape index (κ2) is 3.38. The molecule has 1 heterocycles. The van der Waals surface area contributed by atoms with E-state index in [4.69, 9.17) is 31.2 Å². The van der Waals surface area contributed by atoms with E-state index in [0.717, 1.165) is 0 Å². The lowest BCUT2D eigenvalue weighted by Gasteiger charge is -2.04. The molecular weight excluding hydrogens is 206 g/mol. The second-order valence-electron chi connectivity index (χ2n) is 2.73. The smallest absolute Gasteiger partial charge is 0.231 e. The summed E-state index contributed by atoms with van der Waals surface area (Å²) in [7, 11) is 1.43. The Labute approximate surface area is 85.8 Å². The quantitative estimate of drug-likeness (QED) is 0.574. The molecule has 74 valence electrons. The van der Waals surface area contributed by atoms with E-state index in [1.165, 1.54) is 7.11 Å². The number of hydrogen-bond donors (Lipinski definition) is 1. The van der Waals surface area contributed by atoms with E-state index < -0.39 is 0 Å². The Bertz CT molecular complexity index is 392. The van der Waals surface area contributed by atoms with Crippen LogP contribution in [0.3, 0.4) is 0 Å². The van der Waals surface area contributed by atoms with E-state index in [1.54, 1.807) is 12.1 Å². The lowest BCUT2D eigenvalue weighted by Crippen LogP contribution is -2.00. The van der Waals surface area contributed by atoms with Crippen LogP contribution in [0.15, 0.2) is 12.1 Å². The topological polar surface area (TPSA) is 51.5 Å². The third-order valence-corrected chi connectivity index (χ3v) is 2.17. The van der Waals surface area contributed by atoms with E-state index >= 15 is 0 Å². The summed E-state index contributed by atoms with van der Waals surface area (Å²) in [6.45, 7) is 0.165. The van der Waals surface area contributed by atoms with Crippen molar-refractivity contribution in [3.63, 3.8) is 0 Å². The van der Waals surface area contributed by atoms with Crippen LogP contribution in [-0.4, -0.2) is 19.8 Å². The predicted octanol–water partition coefficient (Wildman–Crippen LogP) is 2.04. The van der Waals surface area contributed by atoms with E-state index in [9.17, 15) is 0 Å². The summed E-state index contributed by atoms with van der Waals surface area (Å²) in [6.07, 6.45) is 0. The van der Waals surface area contributed by atoms with Crippen LogP contribution in [0.5, 0.6) is 11.5 Å². The van der Waals surface area contributed by atoms with Crippen molar-refractivity contribution >= 4 is 17.5 Å². The molecule has 0 fully saturated rings. The van der Waals surface area contributed by atoms with Gasteiger partial charge >= 0.3 is 0 Å². The summed E-state index contributed by atoms with van der Waals surface area (Å²) in [5, 5.41) is 7.89. The zero-order valence-electron chi connectivity index (χ0n) is 7.46. The predicted molar refractivity (Wildman–Crippen MR) is 51.4 cm³/mol. The molecule has 1 aromatic rings. The molecule has 1 aliphatic heterocycles. The maximum absolute atomic E-state index is 7.46. The molecule has 0 saturated carbocycles. The minimum atomic E-state index is 0.0465. The fourth-order valence-corrected chi connectivity index (χ4v) is 1.48. The van der Waals surface area contributed by atoms with Crippen LogP contribution in [0.25, 0.3) is 0 Å². The Hall–Kier alpha value is -1.42. The zero-order chi connectivity index (χ0) is 10.1. The first kappa shape index (κ1) is 9.15.